The fraction of sp³-hybridized carbons (Fsp3) is 0.407. The normalized spacial score (nSPS) is 22.3. The number of nitrogens with zero attached hydrogens (tertiary/aromatic N) is 2. The van der Waals surface area contributed by atoms with Crippen molar-refractivity contribution < 1.29 is 9.59 Å². The predicted octanol–water partition coefficient (Wildman–Crippen LogP) is 5.21. The van der Waals surface area contributed by atoms with Gasteiger partial charge in [-0.1, -0.05) is 60.2 Å². The van der Waals surface area contributed by atoms with Crippen LogP contribution in [0.2, 0.25) is 0 Å². The van der Waals surface area contributed by atoms with E-state index >= 15 is 0 Å². The molecule has 2 heterocycles. The average molecular weight is 430 g/mol. The van der Waals surface area contributed by atoms with Crippen LogP contribution in [-0.2, 0) is 4.79 Å². The van der Waals surface area contributed by atoms with Crippen LogP contribution in [0.25, 0.3) is 10.8 Å². The van der Waals surface area contributed by atoms with E-state index in [1.165, 1.54) is 5.57 Å². The van der Waals surface area contributed by atoms with Crippen molar-refractivity contribution in [3.05, 3.63) is 66.3 Å². The van der Waals surface area contributed by atoms with Gasteiger partial charge in [-0.25, -0.2) is 4.79 Å². The van der Waals surface area contributed by atoms with E-state index in [2.05, 4.69) is 47.5 Å². The van der Waals surface area contributed by atoms with E-state index < -0.39 is 0 Å². The van der Waals surface area contributed by atoms with Gasteiger partial charge in [0.2, 0.25) is 5.91 Å². The van der Waals surface area contributed by atoms with Gasteiger partial charge in [0.1, 0.15) is 0 Å². The molecule has 0 bridgehead atoms. The Hall–Kier alpha value is -3.08. The molecule has 1 spiro atoms. The van der Waals surface area contributed by atoms with E-state index in [0.29, 0.717) is 0 Å². The van der Waals surface area contributed by atoms with Gasteiger partial charge in [-0.3, -0.25) is 4.79 Å². The molecule has 0 aromatic heterocycles. The van der Waals surface area contributed by atoms with Crippen LogP contribution in [0.1, 0.15) is 32.6 Å². The topological polar surface area (TPSA) is 52.7 Å². The molecule has 2 saturated heterocycles. The first-order valence-corrected chi connectivity index (χ1v) is 11.7. The van der Waals surface area contributed by atoms with E-state index in [1.807, 2.05) is 35.2 Å². The van der Waals surface area contributed by atoms with Crippen molar-refractivity contribution in [3.63, 3.8) is 0 Å². The lowest BCUT2D eigenvalue weighted by molar-refractivity contribution is -0.132. The second-order valence-corrected chi connectivity index (χ2v) is 9.54. The molecule has 1 atom stereocenters. The van der Waals surface area contributed by atoms with E-state index in [0.717, 1.165) is 68.3 Å². The Kier molecular flexibility index (Phi) is 5.50. The number of urea groups is 1. The molecule has 1 N–H and O–H groups in total. The van der Waals surface area contributed by atoms with Gasteiger partial charge in [-0.15, -0.1) is 0 Å². The van der Waals surface area contributed by atoms with Crippen molar-refractivity contribution in [1.82, 2.24) is 9.80 Å². The summed E-state index contributed by atoms with van der Waals surface area (Å²) in [4.78, 5) is 30.0. The summed E-state index contributed by atoms with van der Waals surface area (Å²) in [6, 6.07) is 14.1. The summed E-state index contributed by atoms with van der Waals surface area (Å²) in [6.07, 6.45) is 10.2. The number of amides is 3. The first-order chi connectivity index (χ1) is 15.5. The van der Waals surface area contributed by atoms with Crippen LogP contribution in [0.5, 0.6) is 0 Å². The maximum absolute atomic E-state index is 13.1. The molecular weight excluding hydrogens is 398 g/mol. The maximum Gasteiger partial charge on any atom is 0.321 e. The number of allylic oxidation sites excluding steroid dienone is 2. The average Bonchev–Trinajstić information content (AvgIpc) is 3.23. The smallest absolute Gasteiger partial charge is 0.321 e. The Morgan fingerprint density at radius 3 is 2.47 bits per heavy atom. The van der Waals surface area contributed by atoms with Gasteiger partial charge in [0, 0.05) is 31.6 Å². The van der Waals surface area contributed by atoms with Gasteiger partial charge in [-0.05, 0) is 49.5 Å². The van der Waals surface area contributed by atoms with Crippen molar-refractivity contribution in [2.24, 2.45) is 11.3 Å². The second kappa shape index (κ2) is 8.45. The minimum Gasteiger partial charge on any atom is -0.341 e. The number of piperidine rings is 1. The number of likely N-dealkylation sites (tertiary alicyclic amines) is 2. The summed E-state index contributed by atoms with van der Waals surface area (Å²) in [5.74, 6) is 0.146. The molecule has 5 rings (SSSR count). The number of rotatable bonds is 2. The summed E-state index contributed by atoms with van der Waals surface area (Å²) in [6.45, 7) is 5.19. The quantitative estimate of drug-likeness (QED) is 0.667. The molecule has 2 fully saturated rings. The first kappa shape index (κ1) is 20.8. The highest BCUT2D eigenvalue weighted by atomic mass is 16.2. The number of carbonyl (C=O) groups excluding carboxylic acids is 2. The van der Waals surface area contributed by atoms with E-state index in [-0.39, 0.29) is 23.3 Å². The highest BCUT2D eigenvalue weighted by Crippen LogP contribution is 2.41. The van der Waals surface area contributed by atoms with Crippen LogP contribution in [0.4, 0.5) is 10.5 Å². The number of hydrogen-bond acceptors (Lipinski definition) is 2. The summed E-state index contributed by atoms with van der Waals surface area (Å²) in [5.41, 5.74) is 2.18. The summed E-state index contributed by atoms with van der Waals surface area (Å²) < 4.78 is 0. The molecule has 5 heteroatoms. The van der Waals surface area contributed by atoms with Gasteiger partial charge < -0.3 is 15.1 Å². The molecule has 3 aliphatic rings. The molecule has 3 amide bonds. The number of carbonyl (C=O) groups is 2. The fourth-order valence-electron chi connectivity index (χ4n) is 5.47. The van der Waals surface area contributed by atoms with E-state index in [4.69, 9.17) is 0 Å². The first-order valence-electron chi connectivity index (χ1n) is 11.7. The monoisotopic (exact) mass is 429 g/mol. The molecule has 1 unspecified atom stereocenters. The van der Waals surface area contributed by atoms with Crippen LogP contribution in [0.3, 0.4) is 0 Å². The molecule has 1 aliphatic carbocycles. The Morgan fingerprint density at radius 1 is 0.969 bits per heavy atom. The second-order valence-electron chi connectivity index (χ2n) is 9.54. The standard InChI is InChI=1S/C27H31N3O2/c1-20-7-2-4-10-22(20)25(31)30-18-15-27(19-30)13-16-29(17-14-27)26(32)28-24-12-6-9-21-8-3-5-11-23(21)24/h3-12,22H,2,13-19H2,1H3,(H,28,32). The van der Waals surface area contributed by atoms with Gasteiger partial charge in [-0.2, -0.15) is 0 Å². The van der Waals surface area contributed by atoms with Crippen LogP contribution < -0.4 is 5.32 Å². The fourth-order valence-corrected chi connectivity index (χ4v) is 5.47. The Morgan fingerprint density at radius 2 is 1.69 bits per heavy atom. The minimum absolute atomic E-state index is 0.0322. The van der Waals surface area contributed by atoms with Gasteiger partial charge in [0.05, 0.1) is 11.6 Å². The third-order valence-corrected chi connectivity index (χ3v) is 7.55. The zero-order chi connectivity index (χ0) is 22.1. The predicted molar refractivity (Wildman–Crippen MR) is 128 cm³/mol. The van der Waals surface area contributed by atoms with Crippen molar-refractivity contribution in [2.75, 3.05) is 31.5 Å². The van der Waals surface area contributed by atoms with Crippen LogP contribution in [0.15, 0.2) is 66.3 Å². The van der Waals surface area contributed by atoms with Crippen molar-refractivity contribution in [3.8, 4) is 0 Å². The van der Waals surface area contributed by atoms with Crippen molar-refractivity contribution in [1.29, 1.82) is 0 Å². The number of anilines is 1. The summed E-state index contributed by atoms with van der Waals surface area (Å²) in [5, 5.41) is 5.30. The van der Waals surface area contributed by atoms with Crippen LogP contribution in [0, 0.1) is 11.3 Å². The Labute approximate surface area is 189 Å². The molecule has 5 nitrogen and oxygen atoms in total. The highest BCUT2D eigenvalue weighted by molar-refractivity contribution is 6.01. The largest absolute Gasteiger partial charge is 0.341 e. The lowest BCUT2D eigenvalue weighted by Crippen LogP contribution is -2.46. The molecule has 32 heavy (non-hydrogen) atoms. The molecule has 0 saturated carbocycles. The third kappa shape index (κ3) is 3.92. The summed E-state index contributed by atoms with van der Waals surface area (Å²) in [7, 11) is 0. The van der Waals surface area contributed by atoms with Crippen LogP contribution in [-0.4, -0.2) is 47.9 Å². The Balaban J connectivity index is 1.19. The Bertz CT molecular complexity index is 1090. The van der Waals surface area contributed by atoms with Crippen molar-refractivity contribution in [2.45, 2.75) is 32.6 Å². The van der Waals surface area contributed by atoms with E-state index in [9.17, 15) is 9.59 Å². The summed E-state index contributed by atoms with van der Waals surface area (Å²) >= 11 is 0. The third-order valence-electron chi connectivity index (χ3n) is 7.55. The SMILES string of the molecule is CC1=CCC=CC1C(=O)N1CCC2(CCN(C(=O)Nc3cccc4ccccc34)CC2)C1. The number of nitrogens with one attached hydrogen (secondary N) is 1. The molecular formula is C27H31N3O2. The molecule has 2 aromatic carbocycles. The van der Waals surface area contributed by atoms with E-state index in [1.54, 1.807) is 0 Å². The molecule has 2 aromatic rings. The number of hydrogen-bond donors (Lipinski definition) is 1. The molecule has 0 radical (unpaired) electrons. The van der Waals surface area contributed by atoms with Gasteiger partial charge in [0.25, 0.3) is 0 Å². The number of fused-ring (bicyclic) bond motifs is 1. The van der Waals surface area contributed by atoms with Gasteiger partial charge in [0.15, 0.2) is 0 Å². The lowest BCUT2D eigenvalue weighted by atomic mass is 9.78. The zero-order valence-electron chi connectivity index (χ0n) is 18.7. The van der Waals surface area contributed by atoms with Crippen molar-refractivity contribution >= 4 is 28.4 Å². The lowest BCUT2D eigenvalue weighted by Gasteiger charge is -2.39. The molecule has 166 valence electrons. The molecule has 2 aliphatic heterocycles. The van der Waals surface area contributed by atoms with Gasteiger partial charge >= 0.3 is 6.03 Å². The number of benzene rings is 2. The zero-order valence-corrected chi connectivity index (χ0v) is 18.7. The maximum atomic E-state index is 13.1. The minimum atomic E-state index is -0.0922. The van der Waals surface area contributed by atoms with Crippen LogP contribution >= 0.6 is 0 Å². The highest BCUT2D eigenvalue weighted by Gasteiger charge is 2.43.